The molecule has 66 valence electrons. The van der Waals surface area contributed by atoms with Crippen molar-refractivity contribution in [2.45, 2.75) is 19.8 Å². The van der Waals surface area contributed by atoms with Crippen LogP contribution in [0.25, 0.3) is 0 Å². The van der Waals surface area contributed by atoms with E-state index in [0.717, 1.165) is 5.92 Å². The topological polar surface area (TPSA) is 3.24 Å². The lowest BCUT2D eigenvalue weighted by molar-refractivity contribution is 0.438. The number of piperidine rings is 1. The summed E-state index contributed by atoms with van der Waals surface area (Å²) in [5.41, 5.74) is 1.42. The lowest BCUT2D eigenvalue weighted by atomic mass is 9.99. The van der Waals surface area contributed by atoms with Crippen LogP contribution in [0.5, 0.6) is 0 Å². The summed E-state index contributed by atoms with van der Waals surface area (Å²) < 4.78 is 0. The molecule has 1 nitrogen and oxygen atoms in total. The van der Waals surface area contributed by atoms with Crippen LogP contribution in [-0.4, -0.2) is 13.1 Å². The Morgan fingerprint density at radius 2 is 2.17 bits per heavy atom. The van der Waals surface area contributed by atoms with Crippen LogP contribution in [-0.2, 0) is 0 Å². The Kier molecular flexibility index (Phi) is 2.35. The van der Waals surface area contributed by atoms with Gasteiger partial charge in [0.15, 0.2) is 0 Å². The van der Waals surface area contributed by atoms with Gasteiger partial charge in [-0.05, 0) is 30.2 Å². The van der Waals surface area contributed by atoms with Gasteiger partial charge in [0.05, 0.1) is 0 Å². The monoisotopic (exact) mass is 181 g/mol. The maximum Gasteiger partial charge on any atom is 0.0474 e. The average molecular weight is 181 g/mol. The molecule has 1 fully saturated rings. The largest absolute Gasteiger partial charge is 0.371 e. The molecule has 0 saturated carbocycles. The normalized spacial score (nSPS) is 19.9. The van der Waals surface area contributed by atoms with E-state index in [0.29, 0.717) is 0 Å². The van der Waals surface area contributed by atoms with Crippen LogP contribution in [0.1, 0.15) is 19.8 Å². The Bertz CT molecular complexity index is 222. The second-order valence-electron chi connectivity index (χ2n) is 3.65. The zero-order valence-electron chi connectivity index (χ0n) is 7.49. The van der Waals surface area contributed by atoms with Crippen LogP contribution in [0.2, 0.25) is 0 Å². The van der Waals surface area contributed by atoms with Crippen molar-refractivity contribution in [2.24, 2.45) is 5.92 Å². The van der Waals surface area contributed by atoms with E-state index in [1.165, 1.54) is 31.6 Å². The van der Waals surface area contributed by atoms with E-state index in [2.05, 4.69) is 28.7 Å². The van der Waals surface area contributed by atoms with Gasteiger partial charge in [0.1, 0.15) is 0 Å². The molecule has 0 aromatic carbocycles. The van der Waals surface area contributed by atoms with Gasteiger partial charge in [-0.15, -0.1) is 0 Å². The van der Waals surface area contributed by atoms with E-state index in [1.54, 1.807) is 11.3 Å². The van der Waals surface area contributed by atoms with Crippen molar-refractivity contribution < 1.29 is 0 Å². The first-order chi connectivity index (χ1) is 5.86. The molecule has 1 aliphatic heterocycles. The summed E-state index contributed by atoms with van der Waals surface area (Å²) in [6.45, 7) is 4.85. The second kappa shape index (κ2) is 3.48. The molecule has 2 heterocycles. The molecule has 0 radical (unpaired) electrons. The first-order valence-corrected chi connectivity index (χ1v) is 5.57. The van der Waals surface area contributed by atoms with E-state index in [1.807, 2.05) is 0 Å². The molecule has 1 aromatic rings. The molecule has 0 N–H and O–H groups in total. The Morgan fingerprint density at radius 3 is 2.75 bits per heavy atom. The Balaban J connectivity index is 1.99. The molecule has 0 atom stereocenters. The highest BCUT2D eigenvalue weighted by Gasteiger charge is 2.15. The maximum atomic E-state index is 2.50. The first-order valence-electron chi connectivity index (χ1n) is 4.63. The maximum absolute atomic E-state index is 2.50. The summed E-state index contributed by atoms with van der Waals surface area (Å²) >= 11 is 1.79. The van der Waals surface area contributed by atoms with Crippen LogP contribution in [0.15, 0.2) is 16.8 Å². The highest BCUT2D eigenvalue weighted by Crippen LogP contribution is 2.24. The SMILES string of the molecule is CC1CCN(c2ccsc2)CC1. The van der Waals surface area contributed by atoms with Gasteiger partial charge >= 0.3 is 0 Å². The van der Waals surface area contributed by atoms with Gasteiger partial charge in [-0.2, -0.15) is 11.3 Å². The third kappa shape index (κ3) is 1.63. The summed E-state index contributed by atoms with van der Waals surface area (Å²) in [6, 6.07) is 2.22. The van der Waals surface area contributed by atoms with Crippen molar-refractivity contribution >= 4 is 17.0 Å². The van der Waals surface area contributed by atoms with Gasteiger partial charge in [-0.25, -0.2) is 0 Å². The molecule has 1 aromatic heterocycles. The molecule has 1 saturated heterocycles. The molecule has 0 bridgehead atoms. The molecular formula is C10H15NS. The fourth-order valence-electron chi connectivity index (χ4n) is 1.70. The predicted octanol–water partition coefficient (Wildman–Crippen LogP) is 2.98. The molecule has 12 heavy (non-hydrogen) atoms. The number of thiophene rings is 1. The van der Waals surface area contributed by atoms with Crippen LogP contribution < -0.4 is 4.90 Å². The predicted molar refractivity (Wildman–Crippen MR) is 54.9 cm³/mol. The van der Waals surface area contributed by atoms with Crippen molar-refractivity contribution in [3.05, 3.63) is 16.8 Å². The molecule has 0 amide bonds. The lowest BCUT2D eigenvalue weighted by Gasteiger charge is -2.31. The van der Waals surface area contributed by atoms with Crippen LogP contribution in [0, 0.1) is 5.92 Å². The standard InChI is InChI=1S/C10H15NS/c1-9-2-5-11(6-3-9)10-4-7-12-8-10/h4,7-9H,2-3,5-6H2,1H3. The molecule has 0 unspecified atom stereocenters. The van der Waals surface area contributed by atoms with Crippen molar-refractivity contribution in [1.82, 2.24) is 0 Å². The molecule has 2 rings (SSSR count). The Labute approximate surface area is 78.0 Å². The molecule has 1 aliphatic rings. The second-order valence-corrected chi connectivity index (χ2v) is 4.43. The summed E-state index contributed by atoms with van der Waals surface area (Å²) in [6.07, 6.45) is 2.71. The van der Waals surface area contributed by atoms with E-state index in [-0.39, 0.29) is 0 Å². The van der Waals surface area contributed by atoms with Gasteiger partial charge in [0.2, 0.25) is 0 Å². The number of anilines is 1. The van der Waals surface area contributed by atoms with E-state index < -0.39 is 0 Å². The fourth-order valence-corrected chi connectivity index (χ4v) is 2.37. The minimum Gasteiger partial charge on any atom is -0.371 e. The van der Waals surface area contributed by atoms with Crippen molar-refractivity contribution in [2.75, 3.05) is 18.0 Å². The number of nitrogens with zero attached hydrogens (tertiary/aromatic N) is 1. The van der Waals surface area contributed by atoms with Gasteiger partial charge < -0.3 is 4.90 Å². The van der Waals surface area contributed by atoms with E-state index in [4.69, 9.17) is 0 Å². The van der Waals surface area contributed by atoms with Gasteiger partial charge in [0.25, 0.3) is 0 Å². The number of rotatable bonds is 1. The zero-order chi connectivity index (χ0) is 8.39. The van der Waals surface area contributed by atoms with Gasteiger partial charge in [-0.1, -0.05) is 6.92 Å². The molecule has 0 aliphatic carbocycles. The average Bonchev–Trinajstić information content (AvgIpc) is 2.58. The van der Waals surface area contributed by atoms with Crippen LogP contribution in [0.3, 0.4) is 0 Å². The highest BCUT2D eigenvalue weighted by molar-refractivity contribution is 7.08. The van der Waals surface area contributed by atoms with Crippen molar-refractivity contribution in [3.8, 4) is 0 Å². The van der Waals surface area contributed by atoms with Crippen LogP contribution in [0.4, 0.5) is 5.69 Å². The minimum absolute atomic E-state index is 0.930. The van der Waals surface area contributed by atoms with Crippen molar-refractivity contribution in [1.29, 1.82) is 0 Å². The smallest absolute Gasteiger partial charge is 0.0474 e. The molecule has 2 heteroatoms. The van der Waals surface area contributed by atoms with Gasteiger partial charge in [-0.3, -0.25) is 0 Å². The van der Waals surface area contributed by atoms with Crippen molar-refractivity contribution in [3.63, 3.8) is 0 Å². The minimum atomic E-state index is 0.930. The lowest BCUT2D eigenvalue weighted by Crippen LogP contribution is -2.32. The highest BCUT2D eigenvalue weighted by atomic mass is 32.1. The summed E-state index contributed by atoms with van der Waals surface area (Å²) in [5.74, 6) is 0.930. The number of hydrogen-bond donors (Lipinski definition) is 0. The summed E-state index contributed by atoms with van der Waals surface area (Å²) in [5, 5.41) is 4.41. The molecule has 0 spiro atoms. The zero-order valence-corrected chi connectivity index (χ0v) is 8.31. The van der Waals surface area contributed by atoms with E-state index >= 15 is 0 Å². The number of hydrogen-bond acceptors (Lipinski definition) is 2. The summed E-state index contributed by atoms with van der Waals surface area (Å²) in [7, 11) is 0. The third-order valence-corrected chi connectivity index (χ3v) is 3.33. The Hall–Kier alpha value is -0.500. The Morgan fingerprint density at radius 1 is 1.42 bits per heavy atom. The molecular weight excluding hydrogens is 166 g/mol. The third-order valence-electron chi connectivity index (χ3n) is 2.65. The quantitative estimate of drug-likeness (QED) is 0.644. The first kappa shape index (κ1) is 8.11. The fraction of sp³-hybridized carbons (Fsp3) is 0.600. The summed E-state index contributed by atoms with van der Waals surface area (Å²) in [4.78, 5) is 2.50. The van der Waals surface area contributed by atoms with Gasteiger partial charge in [0, 0.05) is 24.2 Å². The van der Waals surface area contributed by atoms with E-state index in [9.17, 15) is 0 Å². The van der Waals surface area contributed by atoms with Crippen LogP contribution >= 0.6 is 11.3 Å².